The summed E-state index contributed by atoms with van der Waals surface area (Å²) in [5, 5.41) is 0. The number of hydrogen-bond donors (Lipinski definition) is 0. The van der Waals surface area contributed by atoms with Gasteiger partial charge < -0.3 is 4.81 Å². The van der Waals surface area contributed by atoms with Crippen LogP contribution in [0.1, 0.15) is 88.3 Å². The van der Waals surface area contributed by atoms with Crippen molar-refractivity contribution in [2.24, 2.45) is 7.05 Å². The van der Waals surface area contributed by atoms with Crippen molar-refractivity contribution in [3.63, 3.8) is 0 Å². The first-order valence-electron chi connectivity index (χ1n) is 13.0. The number of benzene rings is 2. The van der Waals surface area contributed by atoms with Gasteiger partial charge in [-0.1, -0.05) is 77.3 Å². The maximum Gasteiger partial charge on any atom is 0.538 e. The zero-order valence-electron chi connectivity index (χ0n) is 21.3. The number of fused-ring (bicyclic) bond motifs is 3. The van der Waals surface area contributed by atoms with Crippen LogP contribution in [0.5, 0.6) is 0 Å². The third-order valence-electron chi connectivity index (χ3n) is 7.95. The summed E-state index contributed by atoms with van der Waals surface area (Å²) < 4.78 is 4.90. The summed E-state index contributed by atoms with van der Waals surface area (Å²) in [6.45, 7) is 11.9. The minimum absolute atomic E-state index is 0.189. The van der Waals surface area contributed by atoms with Crippen molar-refractivity contribution in [1.82, 2.24) is 4.48 Å². The normalized spacial score (nSPS) is 16.5. The highest BCUT2D eigenvalue weighted by Gasteiger charge is 2.49. The fraction of sp³-hybridized carbons (Fsp3) is 0.483. The average Bonchev–Trinajstić information content (AvgIpc) is 3.19. The Labute approximate surface area is 200 Å². The molecule has 1 saturated carbocycles. The number of anilines is 1. The second-order valence-electron chi connectivity index (χ2n) is 10.8. The van der Waals surface area contributed by atoms with Gasteiger partial charge in [-0.3, -0.25) is 4.48 Å². The quantitative estimate of drug-likeness (QED) is 0.362. The van der Waals surface area contributed by atoms with E-state index < -0.39 is 0 Å². The van der Waals surface area contributed by atoms with Crippen LogP contribution < -0.4 is 14.8 Å². The standard InChI is InChI=1S/C29H39BN3/c1-20(2)24-15-11-16-25(21(3)4)28(24)30-32-19-18-31(6)29(32)27-22(5)12-10-17-26(27)33(30)23-13-8-7-9-14-23/h10-12,15-21,23H,7-9,13-14H2,1-6H3/q+1. The first-order valence-corrected chi connectivity index (χ1v) is 13.0. The molecule has 4 heteroatoms. The highest BCUT2D eigenvalue weighted by Crippen LogP contribution is 2.41. The van der Waals surface area contributed by atoms with Crippen molar-refractivity contribution in [3.8, 4) is 11.4 Å². The third kappa shape index (κ3) is 3.62. The largest absolute Gasteiger partial charge is 0.538 e. The van der Waals surface area contributed by atoms with Gasteiger partial charge in [0.15, 0.2) is 0 Å². The summed E-state index contributed by atoms with van der Waals surface area (Å²) in [6, 6.07) is 14.5. The predicted molar refractivity (Wildman–Crippen MR) is 141 cm³/mol. The van der Waals surface area contributed by atoms with Crippen LogP contribution in [0.25, 0.3) is 11.4 Å². The molecule has 3 aromatic rings. The summed E-state index contributed by atoms with van der Waals surface area (Å²) in [7, 11) is 2.20. The van der Waals surface area contributed by atoms with Crippen molar-refractivity contribution < 1.29 is 4.57 Å². The van der Waals surface area contributed by atoms with E-state index in [4.69, 9.17) is 0 Å². The zero-order chi connectivity index (χ0) is 23.3. The molecule has 1 aromatic heterocycles. The lowest BCUT2D eigenvalue weighted by Crippen LogP contribution is -2.62. The maximum absolute atomic E-state index is 2.82. The molecule has 0 radical (unpaired) electrons. The second kappa shape index (κ2) is 8.70. The van der Waals surface area contributed by atoms with Gasteiger partial charge in [0.05, 0.1) is 12.6 Å². The van der Waals surface area contributed by atoms with Gasteiger partial charge in [-0.05, 0) is 54.4 Å². The van der Waals surface area contributed by atoms with Crippen LogP contribution in [0.3, 0.4) is 0 Å². The summed E-state index contributed by atoms with van der Waals surface area (Å²) in [5.74, 6) is 2.30. The molecule has 33 heavy (non-hydrogen) atoms. The lowest BCUT2D eigenvalue weighted by molar-refractivity contribution is -0.659. The van der Waals surface area contributed by atoms with E-state index in [9.17, 15) is 0 Å². The van der Waals surface area contributed by atoms with Crippen molar-refractivity contribution >= 4 is 18.1 Å². The van der Waals surface area contributed by atoms with Crippen LogP contribution >= 0.6 is 0 Å². The van der Waals surface area contributed by atoms with Gasteiger partial charge in [0.2, 0.25) is 0 Å². The molecule has 1 aliphatic carbocycles. The highest BCUT2D eigenvalue weighted by atomic mass is 15.3. The van der Waals surface area contributed by atoms with Crippen LogP contribution in [0.2, 0.25) is 0 Å². The Morgan fingerprint density at radius 3 is 2.18 bits per heavy atom. The van der Waals surface area contributed by atoms with Crippen molar-refractivity contribution in [2.45, 2.75) is 84.6 Å². The van der Waals surface area contributed by atoms with Gasteiger partial charge in [0, 0.05) is 17.2 Å². The average molecular weight is 440 g/mol. The number of aryl methyl sites for hydroxylation is 2. The van der Waals surface area contributed by atoms with E-state index >= 15 is 0 Å². The van der Waals surface area contributed by atoms with E-state index in [0.717, 1.165) is 0 Å². The zero-order valence-corrected chi connectivity index (χ0v) is 21.3. The number of imidazole rings is 1. The van der Waals surface area contributed by atoms with Crippen molar-refractivity contribution in [3.05, 3.63) is 65.5 Å². The molecule has 5 rings (SSSR count). The smallest absolute Gasteiger partial charge is 0.367 e. The fourth-order valence-electron chi connectivity index (χ4n) is 6.36. The first kappa shape index (κ1) is 22.3. The summed E-state index contributed by atoms with van der Waals surface area (Å²) in [4.78, 5) is 2.82. The van der Waals surface area contributed by atoms with E-state index in [-0.39, 0.29) is 6.98 Å². The van der Waals surface area contributed by atoms with Crippen LogP contribution in [-0.4, -0.2) is 17.5 Å². The molecular weight excluding hydrogens is 401 g/mol. The molecule has 1 fully saturated rings. The van der Waals surface area contributed by atoms with Crippen LogP contribution in [-0.2, 0) is 7.05 Å². The molecule has 0 N–H and O–H groups in total. The van der Waals surface area contributed by atoms with E-state index in [1.54, 1.807) is 0 Å². The Morgan fingerprint density at radius 1 is 0.909 bits per heavy atom. The SMILES string of the molecule is Cc1cccc2c1-c1n(cc[n+]1C)B(c1c(C(C)C)cccc1C(C)C)N2C1CCCCC1. The number of hydrogen-bond acceptors (Lipinski definition) is 1. The van der Waals surface area contributed by atoms with Crippen molar-refractivity contribution in [1.29, 1.82) is 0 Å². The minimum Gasteiger partial charge on any atom is -0.367 e. The molecule has 1 aliphatic heterocycles. The molecule has 0 amide bonds. The van der Waals surface area contributed by atoms with E-state index in [1.165, 1.54) is 71.3 Å². The van der Waals surface area contributed by atoms with Gasteiger partial charge in [0.1, 0.15) is 12.4 Å². The van der Waals surface area contributed by atoms with Gasteiger partial charge in [0.25, 0.3) is 5.82 Å². The van der Waals surface area contributed by atoms with Gasteiger partial charge >= 0.3 is 6.98 Å². The first-order chi connectivity index (χ1) is 15.9. The van der Waals surface area contributed by atoms with E-state index in [1.807, 2.05) is 0 Å². The van der Waals surface area contributed by atoms with E-state index in [0.29, 0.717) is 17.9 Å². The van der Waals surface area contributed by atoms with Gasteiger partial charge in [-0.25, -0.2) is 4.57 Å². The number of aromatic nitrogens is 2. The Balaban J connectivity index is 1.85. The molecule has 2 aromatic carbocycles. The molecule has 3 nitrogen and oxygen atoms in total. The molecule has 0 unspecified atom stereocenters. The Kier molecular flexibility index (Phi) is 5.88. The molecular formula is C29H39BN3+. The Hall–Kier alpha value is -2.49. The maximum atomic E-state index is 2.82. The lowest BCUT2D eigenvalue weighted by atomic mass is 9.56. The Bertz CT molecular complexity index is 1130. The monoisotopic (exact) mass is 440 g/mol. The number of nitrogens with zero attached hydrogens (tertiary/aromatic N) is 3. The van der Waals surface area contributed by atoms with E-state index in [2.05, 4.69) is 104 Å². The summed E-state index contributed by atoms with van der Waals surface area (Å²) in [5.41, 5.74) is 8.69. The van der Waals surface area contributed by atoms with Crippen molar-refractivity contribution in [2.75, 3.05) is 4.81 Å². The molecule has 2 heterocycles. The second-order valence-corrected chi connectivity index (χ2v) is 10.8. The lowest BCUT2D eigenvalue weighted by Gasteiger charge is -2.42. The Morgan fingerprint density at radius 2 is 1.55 bits per heavy atom. The molecule has 0 spiro atoms. The topological polar surface area (TPSA) is 12.0 Å². The summed E-state index contributed by atoms with van der Waals surface area (Å²) >= 11 is 0. The molecule has 2 aliphatic rings. The van der Waals surface area contributed by atoms with Gasteiger partial charge in [-0.2, -0.15) is 0 Å². The fourth-order valence-corrected chi connectivity index (χ4v) is 6.36. The highest BCUT2D eigenvalue weighted by molar-refractivity contribution is 6.77. The predicted octanol–water partition coefficient (Wildman–Crippen LogP) is 5.93. The molecule has 172 valence electrons. The van der Waals surface area contributed by atoms with Crippen LogP contribution in [0, 0.1) is 6.92 Å². The summed E-state index contributed by atoms with van der Waals surface area (Å²) in [6.07, 6.45) is 11.2. The van der Waals surface area contributed by atoms with Crippen LogP contribution in [0.15, 0.2) is 48.8 Å². The molecule has 0 bridgehead atoms. The van der Waals surface area contributed by atoms with Gasteiger partial charge in [-0.15, -0.1) is 0 Å². The molecule has 0 saturated heterocycles. The number of rotatable bonds is 4. The van der Waals surface area contributed by atoms with Crippen LogP contribution in [0.4, 0.5) is 5.69 Å². The third-order valence-corrected chi connectivity index (χ3v) is 7.95. The minimum atomic E-state index is 0.189. The molecule has 0 atom stereocenters.